The SMILES string of the molecule is NC1(c2nc(-c3ccc(F)cc3)cs2)CCCC1. The van der Waals surface area contributed by atoms with E-state index in [0.717, 1.165) is 29.1 Å². The number of rotatable bonds is 2. The van der Waals surface area contributed by atoms with E-state index in [2.05, 4.69) is 4.98 Å². The number of aromatic nitrogens is 1. The average molecular weight is 262 g/mol. The van der Waals surface area contributed by atoms with Crippen LogP contribution in [0, 0.1) is 5.82 Å². The summed E-state index contributed by atoms with van der Waals surface area (Å²) in [4.78, 5) is 4.63. The van der Waals surface area contributed by atoms with Crippen molar-refractivity contribution in [2.75, 3.05) is 0 Å². The predicted molar refractivity (Wildman–Crippen MR) is 71.8 cm³/mol. The number of benzene rings is 1. The molecule has 0 unspecified atom stereocenters. The van der Waals surface area contributed by atoms with Gasteiger partial charge in [-0.15, -0.1) is 11.3 Å². The van der Waals surface area contributed by atoms with Gasteiger partial charge in [0.2, 0.25) is 0 Å². The highest BCUT2D eigenvalue weighted by molar-refractivity contribution is 7.10. The Labute approximate surface area is 110 Å². The molecule has 0 aliphatic heterocycles. The van der Waals surface area contributed by atoms with Crippen LogP contribution in [0.3, 0.4) is 0 Å². The average Bonchev–Trinajstić information content (AvgIpc) is 2.99. The third-order valence-corrected chi connectivity index (χ3v) is 4.63. The highest BCUT2D eigenvalue weighted by Gasteiger charge is 2.34. The van der Waals surface area contributed by atoms with Crippen molar-refractivity contribution in [1.29, 1.82) is 0 Å². The molecule has 1 heterocycles. The molecular weight excluding hydrogens is 247 g/mol. The molecule has 18 heavy (non-hydrogen) atoms. The van der Waals surface area contributed by atoms with Crippen LogP contribution in [0.15, 0.2) is 29.6 Å². The summed E-state index contributed by atoms with van der Waals surface area (Å²) in [5.41, 5.74) is 7.99. The van der Waals surface area contributed by atoms with Crippen LogP contribution in [0.25, 0.3) is 11.3 Å². The van der Waals surface area contributed by atoms with E-state index >= 15 is 0 Å². The van der Waals surface area contributed by atoms with Crippen LogP contribution < -0.4 is 5.73 Å². The molecule has 2 N–H and O–H groups in total. The Morgan fingerprint density at radius 1 is 1.17 bits per heavy atom. The summed E-state index contributed by atoms with van der Waals surface area (Å²) in [6.45, 7) is 0. The summed E-state index contributed by atoms with van der Waals surface area (Å²) in [5.74, 6) is -0.222. The molecule has 1 aliphatic carbocycles. The summed E-state index contributed by atoms with van der Waals surface area (Å²) < 4.78 is 12.9. The van der Waals surface area contributed by atoms with Gasteiger partial charge in [-0.2, -0.15) is 0 Å². The minimum absolute atomic E-state index is 0.222. The van der Waals surface area contributed by atoms with E-state index in [1.54, 1.807) is 23.5 Å². The smallest absolute Gasteiger partial charge is 0.123 e. The van der Waals surface area contributed by atoms with Gasteiger partial charge in [-0.25, -0.2) is 9.37 Å². The molecule has 0 spiro atoms. The minimum Gasteiger partial charge on any atom is -0.319 e. The van der Waals surface area contributed by atoms with Crippen molar-refractivity contribution in [3.8, 4) is 11.3 Å². The van der Waals surface area contributed by atoms with Gasteiger partial charge in [0.15, 0.2) is 0 Å². The third kappa shape index (κ3) is 2.06. The van der Waals surface area contributed by atoms with Crippen molar-refractivity contribution in [2.45, 2.75) is 31.2 Å². The van der Waals surface area contributed by atoms with Gasteiger partial charge >= 0.3 is 0 Å². The van der Waals surface area contributed by atoms with Crippen molar-refractivity contribution in [2.24, 2.45) is 5.73 Å². The first kappa shape index (κ1) is 11.8. The summed E-state index contributed by atoms with van der Waals surface area (Å²) in [6, 6.07) is 6.43. The maximum Gasteiger partial charge on any atom is 0.123 e. The summed E-state index contributed by atoms with van der Waals surface area (Å²) in [6.07, 6.45) is 4.40. The van der Waals surface area contributed by atoms with Gasteiger partial charge in [0.1, 0.15) is 10.8 Å². The predicted octanol–water partition coefficient (Wildman–Crippen LogP) is 3.68. The maximum atomic E-state index is 12.9. The van der Waals surface area contributed by atoms with Gasteiger partial charge in [-0.1, -0.05) is 12.8 Å². The van der Waals surface area contributed by atoms with Gasteiger partial charge in [0, 0.05) is 10.9 Å². The first-order valence-corrected chi connectivity index (χ1v) is 7.06. The molecule has 1 saturated carbocycles. The molecule has 1 fully saturated rings. The lowest BCUT2D eigenvalue weighted by Crippen LogP contribution is -2.32. The van der Waals surface area contributed by atoms with Crippen LogP contribution in [0.2, 0.25) is 0 Å². The number of nitrogens with two attached hydrogens (primary N) is 1. The second-order valence-corrected chi connectivity index (χ2v) is 5.77. The van der Waals surface area contributed by atoms with Crippen molar-refractivity contribution in [1.82, 2.24) is 4.98 Å². The largest absolute Gasteiger partial charge is 0.319 e. The zero-order chi connectivity index (χ0) is 12.6. The number of halogens is 1. The fourth-order valence-electron chi connectivity index (χ4n) is 2.48. The molecule has 1 aliphatic rings. The van der Waals surface area contributed by atoms with Crippen molar-refractivity contribution >= 4 is 11.3 Å². The van der Waals surface area contributed by atoms with E-state index in [4.69, 9.17) is 5.73 Å². The highest BCUT2D eigenvalue weighted by Crippen LogP contribution is 2.38. The number of nitrogens with zero attached hydrogens (tertiary/aromatic N) is 1. The fourth-order valence-corrected chi connectivity index (χ4v) is 3.48. The Balaban J connectivity index is 1.91. The van der Waals surface area contributed by atoms with E-state index in [1.165, 1.54) is 25.0 Å². The van der Waals surface area contributed by atoms with E-state index in [9.17, 15) is 4.39 Å². The molecule has 1 aromatic carbocycles. The minimum atomic E-state index is -0.233. The molecule has 4 heteroatoms. The molecule has 0 saturated heterocycles. The van der Waals surface area contributed by atoms with E-state index in [0.29, 0.717) is 0 Å². The summed E-state index contributed by atoms with van der Waals surface area (Å²) in [5, 5.41) is 3.02. The Morgan fingerprint density at radius 2 is 1.83 bits per heavy atom. The van der Waals surface area contributed by atoms with Crippen molar-refractivity contribution in [3.63, 3.8) is 0 Å². The molecule has 2 nitrogen and oxygen atoms in total. The molecule has 0 atom stereocenters. The van der Waals surface area contributed by atoms with Crippen molar-refractivity contribution < 1.29 is 4.39 Å². The summed E-state index contributed by atoms with van der Waals surface area (Å²) in [7, 11) is 0. The molecule has 0 radical (unpaired) electrons. The first-order chi connectivity index (χ1) is 8.67. The Kier molecular flexibility index (Phi) is 2.92. The molecule has 3 rings (SSSR count). The van der Waals surface area contributed by atoms with Crippen LogP contribution in [-0.2, 0) is 5.54 Å². The summed E-state index contributed by atoms with van der Waals surface area (Å²) >= 11 is 1.61. The molecule has 0 amide bonds. The van der Waals surface area contributed by atoms with Gasteiger partial charge in [0.05, 0.1) is 11.2 Å². The monoisotopic (exact) mass is 262 g/mol. The fraction of sp³-hybridized carbons (Fsp3) is 0.357. The van der Waals surface area contributed by atoms with E-state index in [-0.39, 0.29) is 11.4 Å². The molecular formula is C14H15FN2S. The number of hydrogen-bond donors (Lipinski definition) is 1. The Morgan fingerprint density at radius 3 is 2.50 bits per heavy atom. The normalized spacial score (nSPS) is 18.1. The zero-order valence-corrected chi connectivity index (χ0v) is 10.8. The standard InChI is InChI=1S/C14H15FN2S/c15-11-5-3-10(4-6-11)12-9-18-13(17-12)14(16)7-1-2-8-14/h3-6,9H,1-2,7-8,16H2. The first-order valence-electron chi connectivity index (χ1n) is 6.18. The molecule has 1 aromatic heterocycles. The maximum absolute atomic E-state index is 12.9. The Bertz CT molecular complexity index is 541. The van der Waals surface area contributed by atoms with Crippen LogP contribution in [0.5, 0.6) is 0 Å². The lowest BCUT2D eigenvalue weighted by Gasteiger charge is -2.19. The van der Waals surface area contributed by atoms with Gasteiger partial charge < -0.3 is 5.73 Å². The number of thiazole rings is 1. The van der Waals surface area contributed by atoms with Gasteiger partial charge in [-0.05, 0) is 37.1 Å². The second kappa shape index (κ2) is 4.44. The van der Waals surface area contributed by atoms with Crippen molar-refractivity contribution in [3.05, 3.63) is 40.5 Å². The van der Waals surface area contributed by atoms with Crippen LogP contribution in [-0.4, -0.2) is 4.98 Å². The van der Waals surface area contributed by atoms with Gasteiger partial charge in [-0.3, -0.25) is 0 Å². The lowest BCUT2D eigenvalue weighted by atomic mass is 10.0. The zero-order valence-electron chi connectivity index (χ0n) is 10.0. The van der Waals surface area contributed by atoms with E-state index in [1.807, 2.05) is 5.38 Å². The van der Waals surface area contributed by atoms with E-state index < -0.39 is 0 Å². The molecule has 2 aromatic rings. The molecule has 0 bridgehead atoms. The number of hydrogen-bond acceptors (Lipinski definition) is 3. The Hall–Kier alpha value is -1.26. The highest BCUT2D eigenvalue weighted by atomic mass is 32.1. The lowest BCUT2D eigenvalue weighted by molar-refractivity contribution is 0.459. The molecule has 94 valence electrons. The topological polar surface area (TPSA) is 38.9 Å². The van der Waals surface area contributed by atoms with Crippen LogP contribution in [0.4, 0.5) is 4.39 Å². The second-order valence-electron chi connectivity index (χ2n) is 4.91. The van der Waals surface area contributed by atoms with Crippen LogP contribution >= 0.6 is 11.3 Å². The quantitative estimate of drug-likeness (QED) is 0.896. The third-order valence-electron chi connectivity index (χ3n) is 3.57. The van der Waals surface area contributed by atoms with Gasteiger partial charge in [0.25, 0.3) is 0 Å². The van der Waals surface area contributed by atoms with Crippen LogP contribution in [0.1, 0.15) is 30.7 Å².